The van der Waals surface area contributed by atoms with Crippen molar-refractivity contribution in [1.82, 2.24) is 0 Å². The first-order valence-corrected chi connectivity index (χ1v) is 4.98. The Morgan fingerprint density at radius 3 is 2.62 bits per heavy atom. The first kappa shape index (κ1) is 9.00. The van der Waals surface area contributed by atoms with E-state index < -0.39 is 0 Å². The summed E-state index contributed by atoms with van der Waals surface area (Å²) in [6, 6.07) is 5.12. The zero-order valence-corrected chi connectivity index (χ0v) is 8.90. The van der Waals surface area contributed by atoms with Gasteiger partial charge >= 0.3 is 0 Å². The number of methoxy groups -OCH3 is 1. The molecule has 0 heterocycles. The molecule has 70 valence electrons. The van der Waals surface area contributed by atoms with E-state index in [9.17, 15) is 4.39 Å². The molecular formula is C10H10BrFO. The molecule has 0 unspecified atom stereocenters. The van der Waals surface area contributed by atoms with Gasteiger partial charge in [-0.25, -0.2) is 4.39 Å². The first-order chi connectivity index (χ1) is 6.15. The van der Waals surface area contributed by atoms with Gasteiger partial charge in [-0.05, 0) is 30.5 Å². The highest BCUT2D eigenvalue weighted by Gasteiger charge is 2.41. The van der Waals surface area contributed by atoms with Gasteiger partial charge in [0.1, 0.15) is 0 Å². The lowest BCUT2D eigenvalue weighted by Crippen LogP contribution is -1.97. The van der Waals surface area contributed by atoms with E-state index >= 15 is 0 Å². The quantitative estimate of drug-likeness (QED) is 0.727. The zero-order chi connectivity index (χ0) is 9.47. The third-order valence-corrected chi connectivity index (χ3v) is 3.61. The van der Waals surface area contributed by atoms with E-state index in [2.05, 4.69) is 15.9 Å². The van der Waals surface area contributed by atoms with Gasteiger partial charge in [0.2, 0.25) is 0 Å². The minimum atomic E-state index is -0.286. The second-order valence-electron chi connectivity index (χ2n) is 3.31. The van der Waals surface area contributed by atoms with E-state index in [0.717, 1.165) is 18.4 Å². The van der Waals surface area contributed by atoms with E-state index in [1.807, 2.05) is 6.07 Å². The molecule has 13 heavy (non-hydrogen) atoms. The number of rotatable bonds is 2. The van der Waals surface area contributed by atoms with Crippen LogP contribution < -0.4 is 4.74 Å². The highest BCUT2D eigenvalue weighted by Crippen LogP contribution is 2.54. The topological polar surface area (TPSA) is 9.23 Å². The maximum absolute atomic E-state index is 13.3. The maximum Gasteiger partial charge on any atom is 0.165 e. The average molecular weight is 245 g/mol. The maximum atomic E-state index is 13.3. The summed E-state index contributed by atoms with van der Waals surface area (Å²) in [6.07, 6.45) is 2.16. The minimum absolute atomic E-state index is 0.0418. The van der Waals surface area contributed by atoms with Crippen LogP contribution in [-0.4, -0.2) is 7.11 Å². The van der Waals surface area contributed by atoms with Gasteiger partial charge in [0, 0.05) is 0 Å². The molecule has 0 radical (unpaired) electrons. The van der Waals surface area contributed by atoms with Crippen molar-refractivity contribution in [2.24, 2.45) is 0 Å². The van der Waals surface area contributed by atoms with Crippen LogP contribution in [0.2, 0.25) is 0 Å². The fraction of sp³-hybridized carbons (Fsp3) is 0.400. The molecule has 2 rings (SSSR count). The Morgan fingerprint density at radius 1 is 1.46 bits per heavy atom. The number of hydrogen-bond acceptors (Lipinski definition) is 1. The fourth-order valence-corrected chi connectivity index (χ4v) is 1.79. The molecule has 1 aromatic rings. The van der Waals surface area contributed by atoms with Crippen molar-refractivity contribution in [2.45, 2.75) is 17.2 Å². The lowest BCUT2D eigenvalue weighted by Gasteiger charge is -2.08. The van der Waals surface area contributed by atoms with Gasteiger partial charge in [0.15, 0.2) is 11.6 Å². The van der Waals surface area contributed by atoms with Gasteiger partial charge in [-0.15, -0.1) is 0 Å². The molecular weight excluding hydrogens is 235 g/mol. The van der Waals surface area contributed by atoms with Crippen molar-refractivity contribution >= 4 is 15.9 Å². The van der Waals surface area contributed by atoms with Crippen molar-refractivity contribution in [3.63, 3.8) is 0 Å². The van der Waals surface area contributed by atoms with Crippen molar-refractivity contribution in [3.8, 4) is 5.75 Å². The Bertz CT molecular complexity index is 334. The van der Waals surface area contributed by atoms with Crippen LogP contribution in [0, 0.1) is 5.82 Å². The molecule has 0 atom stereocenters. The average Bonchev–Trinajstić information content (AvgIpc) is 2.85. The van der Waals surface area contributed by atoms with E-state index in [1.165, 1.54) is 7.11 Å². The van der Waals surface area contributed by atoms with Crippen molar-refractivity contribution in [1.29, 1.82) is 0 Å². The SMILES string of the molecule is COc1ccc(C2(Br)CC2)cc1F. The molecule has 1 nitrogen and oxygen atoms in total. The molecule has 3 heteroatoms. The standard InChI is InChI=1S/C10H10BrFO/c1-13-9-3-2-7(6-8(9)12)10(11)4-5-10/h2-3,6H,4-5H2,1H3. The second kappa shape index (κ2) is 2.98. The highest BCUT2D eigenvalue weighted by atomic mass is 79.9. The van der Waals surface area contributed by atoms with E-state index in [1.54, 1.807) is 12.1 Å². The molecule has 0 saturated heterocycles. The summed E-state index contributed by atoms with van der Waals surface area (Å²) in [5.74, 6) is 0.0197. The Labute approximate surface area is 85.0 Å². The van der Waals surface area contributed by atoms with Crippen LogP contribution >= 0.6 is 15.9 Å². The lowest BCUT2D eigenvalue weighted by molar-refractivity contribution is 0.386. The Kier molecular flexibility index (Phi) is 2.06. The van der Waals surface area contributed by atoms with Crippen LogP contribution in [0.15, 0.2) is 18.2 Å². The van der Waals surface area contributed by atoms with Crippen LogP contribution in [0.25, 0.3) is 0 Å². The summed E-state index contributed by atoms with van der Waals surface area (Å²) in [6.45, 7) is 0. The molecule has 0 N–H and O–H groups in total. The number of ether oxygens (including phenoxy) is 1. The molecule has 1 aliphatic rings. The predicted molar refractivity (Wildman–Crippen MR) is 52.8 cm³/mol. The normalized spacial score (nSPS) is 18.4. The summed E-state index contributed by atoms with van der Waals surface area (Å²) >= 11 is 3.57. The Balaban J connectivity index is 2.36. The molecule has 1 aliphatic carbocycles. The second-order valence-corrected chi connectivity index (χ2v) is 4.83. The molecule has 0 spiro atoms. The minimum Gasteiger partial charge on any atom is -0.494 e. The van der Waals surface area contributed by atoms with Gasteiger partial charge in [0.05, 0.1) is 11.4 Å². The molecule has 0 amide bonds. The molecule has 1 aromatic carbocycles. The van der Waals surface area contributed by atoms with Crippen LogP contribution in [0.5, 0.6) is 5.75 Å². The number of hydrogen-bond donors (Lipinski definition) is 0. The number of halogens is 2. The molecule has 0 aromatic heterocycles. The molecule has 1 fully saturated rings. The monoisotopic (exact) mass is 244 g/mol. The zero-order valence-electron chi connectivity index (χ0n) is 7.31. The van der Waals surface area contributed by atoms with Crippen molar-refractivity contribution in [2.75, 3.05) is 7.11 Å². The van der Waals surface area contributed by atoms with Gasteiger partial charge in [0.25, 0.3) is 0 Å². The summed E-state index contributed by atoms with van der Waals surface area (Å²) in [4.78, 5) is 0. The van der Waals surface area contributed by atoms with Crippen LogP contribution in [0.3, 0.4) is 0 Å². The van der Waals surface area contributed by atoms with Gasteiger partial charge in [-0.2, -0.15) is 0 Å². The van der Waals surface area contributed by atoms with Crippen LogP contribution in [0.1, 0.15) is 18.4 Å². The third-order valence-electron chi connectivity index (χ3n) is 2.36. The largest absolute Gasteiger partial charge is 0.494 e. The van der Waals surface area contributed by atoms with E-state index in [0.29, 0.717) is 5.75 Å². The smallest absolute Gasteiger partial charge is 0.165 e. The molecule has 1 saturated carbocycles. The fourth-order valence-electron chi connectivity index (χ4n) is 1.34. The summed E-state index contributed by atoms with van der Waals surface area (Å²) in [7, 11) is 1.47. The van der Waals surface area contributed by atoms with E-state index in [-0.39, 0.29) is 10.1 Å². The van der Waals surface area contributed by atoms with Gasteiger partial charge in [-0.3, -0.25) is 0 Å². The summed E-state index contributed by atoms with van der Waals surface area (Å²) in [5, 5.41) is 0. The first-order valence-electron chi connectivity index (χ1n) is 4.19. The Morgan fingerprint density at radius 2 is 2.15 bits per heavy atom. The lowest BCUT2D eigenvalue weighted by atomic mass is 10.1. The van der Waals surface area contributed by atoms with Crippen LogP contribution in [-0.2, 0) is 4.32 Å². The van der Waals surface area contributed by atoms with Crippen molar-refractivity contribution < 1.29 is 9.13 Å². The van der Waals surface area contributed by atoms with E-state index in [4.69, 9.17) is 4.74 Å². The van der Waals surface area contributed by atoms with Crippen molar-refractivity contribution in [3.05, 3.63) is 29.6 Å². The number of benzene rings is 1. The predicted octanol–water partition coefficient (Wildman–Crippen LogP) is 3.22. The third kappa shape index (κ3) is 1.57. The summed E-state index contributed by atoms with van der Waals surface area (Å²) < 4.78 is 18.1. The highest BCUT2D eigenvalue weighted by molar-refractivity contribution is 9.09. The molecule has 0 bridgehead atoms. The Hall–Kier alpha value is -0.570. The summed E-state index contributed by atoms with van der Waals surface area (Å²) in [5.41, 5.74) is 1.01. The number of alkyl halides is 1. The van der Waals surface area contributed by atoms with Gasteiger partial charge in [-0.1, -0.05) is 22.0 Å². The van der Waals surface area contributed by atoms with Crippen LogP contribution in [0.4, 0.5) is 4.39 Å². The van der Waals surface area contributed by atoms with Gasteiger partial charge < -0.3 is 4.74 Å². The molecule has 0 aliphatic heterocycles.